The predicted octanol–water partition coefficient (Wildman–Crippen LogP) is 6.43. The summed E-state index contributed by atoms with van der Waals surface area (Å²) in [5.41, 5.74) is 5.32. The second-order valence-corrected chi connectivity index (χ2v) is 13.9. The zero-order chi connectivity index (χ0) is 35.9. The normalized spacial score (nSPS) is 17.2. The molecule has 266 valence electrons. The molecule has 0 atom stereocenters. The maximum absolute atomic E-state index is 13.5. The number of alkyl halides is 3. The van der Waals surface area contributed by atoms with E-state index in [1.165, 1.54) is 33.3 Å². The number of rotatable bonds is 10. The van der Waals surface area contributed by atoms with E-state index >= 15 is 0 Å². The van der Waals surface area contributed by atoms with E-state index in [1.54, 1.807) is 55.7 Å². The van der Waals surface area contributed by atoms with Gasteiger partial charge in [-0.25, -0.2) is 22.6 Å². The largest absolute Gasteiger partial charge is 0.490 e. The summed E-state index contributed by atoms with van der Waals surface area (Å²) in [5, 5.41) is 20.5. The van der Waals surface area contributed by atoms with Gasteiger partial charge in [-0.1, -0.05) is 18.2 Å². The lowest BCUT2D eigenvalue weighted by Crippen LogP contribution is -2.43. The Morgan fingerprint density at radius 1 is 0.960 bits per heavy atom. The Kier molecular flexibility index (Phi) is 11.5. The number of nitrogens with zero attached hydrogens (tertiary/aromatic N) is 3. The van der Waals surface area contributed by atoms with E-state index in [9.17, 15) is 26.0 Å². The van der Waals surface area contributed by atoms with Crippen molar-refractivity contribution in [2.45, 2.75) is 61.8 Å². The number of halogens is 4. The van der Waals surface area contributed by atoms with Crippen LogP contribution in [0.5, 0.6) is 0 Å². The van der Waals surface area contributed by atoms with Crippen molar-refractivity contribution in [2.75, 3.05) is 29.5 Å². The van der Waals surface area contributed by atoms with E-state index in [-0.39, 0.29) is 16.8 Å². The minimum atomic E-state index is -5.08. The summed E-state index contributed by atoms with van der Waals surface area (Å²) in [5.74, 6) is -2.19. The monoisotopic (exact) mass is 715 g/mol. The Morgan fingerprint density at radius 3 is 2.26 bits per heavy atom. The molecule has 50 heavy (non-hydrogen) atoms. The first-order valence-electron chi connectivity index (χ1n) is 15.9. The van der Waals surface area contributed by atoms with Crippen LogP contribution >= 0.6 is 0 Å². The second kappa shape index (κ2) is 15.8. The van der Waals surface area contributed by atoms with Gasteiger partial charge in [-0.3, -0.25) is 0 Å². The van der Waals surface area contributed by atoms with E-state index in [0.717, 1.165) is 45.2 Å². The Hall–Kier alpha value is -4.80. The molecule has 0 unspecified atom stereocenters. The van der Waals surface area contributed by atoms with Crippen molar-refractivity contribution in [2.24, 2.45) is 0 Å². The van der Waals surface area contributed by atoms with Gasteiger partial charge in [-0.15, -0.1) is 0 Å². The maximum atomic E-state index is 13.5. The smallest absolute Gasteiger partial charge is 0.475 e. The molecule has 1 saturated carbocycles. The van der Waals surface area contributed by atoms with Crippen LogP contribution in [0.3, 0.4) is 0 Å². The number of fused-ring (bicyclic) bond motifs is 1. The summed E-state index contributed by atoms with van der Waals surface area (Å²) in [7, 11) is -1.96. The molecular formula is C34H37F4N7O4S. The molecule has 0 radical (unpaired) electrons. The fourth-order valence-electron chi connectivity index (χ4n) is 5.83. The van der Waals surface area contributed by atoms with Gasteiger partial charge in [0.25, 0.3) is 0 Å². The Labute approximate surface area is 287 Å². The number of anilines is 5. The van der Waals surface area contributed by atoms with Crippen LogP contribution in [0, 0.1) is 5.82 Å². The number of para-hydroxylation sites is 1. The highest BCUT2D eigenvalue weighted by molar-refractivity contribution is 7.89. The molecule has 0 spiro atoms. The maximum Gasteiger partial charge on any atom is 0.490 e. The SMILES string of the molecule is CN(C1CCC(NCc2cccc3c2NCC3)CC1)S(=O)(=O)c1ccc(Nc2nccc(Nc3ccc(F)cc3)n2)cc1.O=C(O)C(F)(F)F. The minimum absolute atomic E-state index is 0.0340. The highest BCUT2D eigenvalue weighted by Crippen LogP contribution is 2.30. The topological polar surface area (TPSA) is 149 Å². The van der Waals surface area contributed by atoms with Crippen molar-refractivity contribution in [1.82, 2.24) is 19.6 Å². The van der Waals surface area contributed by atoms with Crippen LogP contribution in [-0.4, -0.2) is 65.6 Å². The molecule has 5 N–H and O–H groups in total. The first-order valence-corrected chi connectivity index (χ1v) is 17.3. The Balaban J connectivity index is 0.000000630. The van der Waals surface area contributed by atoms with Gasteiger partial charge in [-0.2, -0.15) is 22.5 Å². The average Bonchev–Trinajstić information content (AvgIpc) is 3.58. The summed E-state index contributed by atoms with van der Waals surface area (Å²) in [6, 6.07) is 21.1. The zero-order valence-electron chi connectivity index (χ0n) is 27.0. The molecule has 1 aliphatic heterocycles. The number of sulfonamides is 1. The van der Waals surface area contributed by atoms with Gasteiger partial charge in [0.05, 0.1) is 4.90 Å². The number of hydrogen-bond acceptors (Lipinski definition) is 9. The first-order chi connectivity index (χ1) is 23.8. The molecule has 4 aromatic rings. The van der Waals surface area contributed by atoms with Crippen molar-refractivity contribution < 1.29 is 35.9 Å². The third-order valence-electron chi connectivity index (χ3n) is 8.53. The lowest BCUT2D eigenvalue weighted by molar-refractivity contribution is -0.192. The van der Waals surface area contributed by atoms with Gasteiger partial charge in [0, 0.05) is 55.5 Å². The molecule has 1 aliphatic carbocycles. The van der Waals surface area contributed by atoms with Crippen LogP contribution in [0.4, 0.5) is 46.4 Å². The van der Waals surface area contributed by atoms with Gasteiger partial charge in [0.1, 0.15) is 11.6 Å². The summed E-state index contributed by atoms with van der Waals surface area (Å²) >= 11 is 0. The average molecular weight is 716 g/mol. The van der Waals surface area contributed by atoms with E-state index in [1.807, 2.05) is 0 Å². The lowest BCUT2D eigenvalue weighted by atomic mass is 9.91. The van der Waals surface area contributed by atoms with E-state index in [2.05, 4.69) is 49.4 Å². The van der Waals surface area contributed by atoms with Crippen molar-refractivity contribution in [3.63, 3.8) is 0 Å². The van der Waals surface area contributed by atoms with Gasteiger partial charge in [0.2, 0.25) is 16.0 Å². The van der Waals surface area contributed by atoms with Crippen LogP contribution < -0.4 is 21.3 Å². The lowest BCUT2D eigenvalue weighted by Gasteiger charge is -2.34. The number of aliphatic carboxylic acids is 1. The number of nitrogens with one attached hydrogen (secondary N) is 4. The van der Waals surface area contributed by atoms with Crippen LogP contribution in [0.15, 0.2) is 83.9 Å². The summed E-state index contributed by atoms with van der Waals surface area (Å²) in [6.07, 6.45) is 1.10. The highest BCUT2D eigenvalue weighted by atomic mass is 32.2. The third kappa shape index (κ3) is 9.46. The summed E-state index contributed by atoms with van der Waals surface area (Å²) in [4.78, 5) is 17.8. The van der Waals surface area contributed by atoms with Crippen LogP contribution in [0.1, 0.15) is 36.8 Å². The minimum Gasteiger partial charge on any atom is -0.475 e. The fourth-order valence-corrected chi connectivity index (χ4v) is 7.24. The molecular weight excluding hydrogens is 678 g/mol. The number of hydrogen-bond donors (Lipinski definition) is 5. The number of carboxylic acid groups (broad SMARTS) is 1. The van der Waals surface area contributed by atoms with E-state index < -0.39 is 22.2 Å². The zero-order valence-corrected chi connectivity index (χ0v) is 27.9. The van der Waals surface area contributed by atoms with Gasteiger partial charge < -0.3 is 26.4 Å². The molecule has 11 nitrogen and oxygen atoms in total. The standard InChI is InChI=1S/C32H36FN7O2S.C2HF3O2/c1-40(28-13-9-25(10-14-28)36-21-23-4-2-3-22-17-19-34-31(22)23)43(41,42)29-15-11-27(12-16-29)38-32-35-20-18-30(39-32)37-26-7-5-24(33)6-8-26;3-2(4,5)1(6)7/h2-8,11-12,15-16,18,20,25,28,34,36H,9-10,13-14,17,19,21H2,1H3,(H2,35,37,38,39);(H,6,7). The number of aromatic nitrogens is 2. The number of benzene rings is 3. The number of carboxylic acids is 1. The predicted molar refractivity (Wildman–Crippen MR) is 182 cm³/mol. The molecule has 1 fully saturated rings. The summed E-state index contributed by atoms with van der Waals surface area (Å²) in [6.45, 7) is 1.82. The molecule has 0 saturated heterocycles. The van der Waals surface area contributed by atoms with Gasteiger partial charge in [-0.05, 0) is 97.8 Å². The third-order valence-corrected chi connectivity index (χ3v) is 10.5. The quantitative estimate of drug-likeness (QED) is 0.116. The highest BCUT2D eigenvalue weighted by Gasteiger charge is 2.38. The van der Waals surface area contributed by atoms with Crippen LogP contribution in [-0.2, 0) is 27.8 Å². The van der Waals surface area contributed by atoms with E-state index in [4.69, 9.17) is 9.90 Å². The molecule has 2 aliphatic rings. The molecule has 0 amide bonds. The van der Waals surface area contributed by atoms with Crippen molar-refractivity contribution in [3.05, 3.63) is 95.9 Å². The fraction of sp³-hybridized carbons (Fsp3) is 0.324. The molecule has 16 heteroatoms. The Morgan fingerprint density at radius 2 is 1.60 bits per heavy atom. The van der Waals surface area contributed by atoms with Crippen LogP contribution in [0.25, 0.3) is 0 Å². The van der Waals surface area contributed by atoms with Crippen molar-refractivity contribution in [3.8, 4) is 0 Å². The van der Waals surface area contributed by atoms with Gasteiger partial charge >= 0.3 is 12.1 Å². The summed E-state index contributed by atoms with van der Waals surface area (Å²) < 4.78 is 73.4. The molecule has 1 aromatic heterocycles. The molecule has 6 rings (SSSR count). The second-order valence-electron chi connectivity index (χ2n) is 11.9. The number of carbonyl (C=O) groups is 1. The van der Waals surface area contributed by atoms with Gasteiger partial charge in [0.15, 0.2) is 0 Å². The molecule has 3 aromatic carbocycles. The Bertz CT molecular complexity index is 1870. The molecule has 2 heterocycles. The van der Waals surface area contributed by atoms with E-state index in [0.29, 0.717) is 29.2 Å². The first kappa shape index (κ1) is 36.5. The van der Waals surface area contributed by atoms with Crippen molar-refractivity contribution in [1.29, 1.82) is 0 Å². The molecule has 0 bridgehead atoms. The van der Waals surface area contributed by atoms with Crippen LogP contribution in [0.2, 0.25) is 0 Å². The van der Waals surface area contributed by atoms with Crippen molar-refractivity contribution >= 4 is 44.8 Å².